The van der Waals surface area contributed by atoms with Crippen LogP contribution in [0.2, 0.25) is 0 Å². The van der Waals surface area contributed by atoms with Crippen LogP contribution in [-0.4, -0.2) is 40.3 Å². The number of carbonyl (C=O) groups excluding carboxylic acids is 1. The van der Waals surface area contributed by atoms with Crippen molar-refractivity contribution < 1.29 is 9.53 Å². The number of aryl methyl sites for hydroxylation is 1. The van der Waals surface area contributed by atoms with Gasteiger partial charge in [0.05, 0.1) is 6.61 Å². The van der Waals surface area contributed by atoms with E-state index in [1.165, 1.54) is 0 Å². The zero-order chi connectivity index (χ0) is 12.7. The van der Waals surface area contributed by atoms with E-state index in [4.69, 9.17) is 4.74 Å². The van der Waals surface area contributed by atoms with Crippen LogP contribution in [0, 0.1) is 0 Å². The molecule has 0 saturated heterocycles. The molecule has 0 aliphatic carbocycles. The van der Waals surface area contributed by atoms with Crippen LogP contribution in [0.3, 0.4) is 0 Å². The first kappa shape index (κ1) is 13.6. The molecule has 0 aliphatic rings. The summed E-state index contributed by atoms with van der Waals surface area (Å²) in [6, 6.07) is 0.486. The molecular formula is C11H20N4O2. The van der Waals surface area contributed by atoms with Gasteiger partial charge in [0.2, 0.25) is 0 Å². The highest BCUT2D eigenvalue weighted by atomic mass is 16.5. The third-order valence-electron chi connectivity index (χ3n) is 2.13. The Balaban J connectivity index is 2.33. The maximum absolute atomic E-state index is 11.3. The first-order valence-corrected chi connectivity index (χ1v) is 5.95. The Hall–Kier alpha value is -1.43. The highest BCUT2D eigenvalue weighted by molar-refractivity contribution is 5.84. The van der Waals surface area contributed by atoms with Crippen molar-refractivity contribution in [1.29, 1.82) is 0 Å². The van der Waals surface area contributed by atoms with Crippen molar-refractivity contribution in [2.45, 2.75) is 39.7 Å². The van der Waals surface area contributed by atoms with Gasteiger partial charge >= 0.3 is 5.97 Å². The Labute approximate surface area is 101 Å². The molecule has 0 spiro atoms. The zero-order valence-corrected chi connectivity index (χ0v) is 10.6. The molecule has 1 aromatic rings. The van der Waals surface area contributed by atoms with Crippen molar-refractivity contribution in [3.05, 3.63) is 11.6 Å². The van der Waals surface area contributed by atoms with Crippen molar-refractivity contribution in [3.63, 3.8) is 0 Å². The topological polar surface area (TPSA) is 79.9 Å². The van der Waals surface area contributed by atoms with Crippen LogP contribution < -0.4 is 5.32 Å². The summed E-state index contributed by atoms with van der Waals surface area (Å²) in [5.41, 5.74) is 0. The molecule has 0 unspecified atom stereocenters. The van der Waals surface area contributed by atoms with Gasteiger partial charge in [0.15, 0.2) is 0 Å². The summed E-state index contributed by atoms with van der Waals surface area (Å²) in [5, 5.41) is 9.87. The lowest BCUT2D eigenvalue weighted by Gasteiger charge is -2.05. The molecule has 0 fully saturated rings. The third kappa shape index (κ3) is 4.95. The van der Waals surface area contributed by atoms with Gasteiger partial charge in [-0.3, -0.25) is 5.10 Å². The second-order valence-corrected chi connectivity index (χ2v) is 4.04. The van der Waals surface area contributed by atoms with Crippen molar-refractivity contribution >= 4 is 5.97 Å². The Morgan fingerprint density at radius 1 is 1.53 bits per heavy atom. The lowest BCUT2D eigenvalue weighted by molar-refractivity contribution is 0.0512. The minimum absolute atomic E-state index is 0.110. The van der Waals surface area contributed by atoms with Crippen LogP contribution in [0.1, 0.15) is 43.6 Å². The fourth-order valence-electron chi connectivity index (χ4n) is 1.34. The number of hydrogen-bond donors (Lipinski definition) is 2. The molecule has 6 heteroatoms. The van der Waals surface area contributed by atoms with Gasteiger partial charge in [0.1, 0.15) is 5.82 Å². The summed E-state index contributed by atoms with van der Waals surface area (Å²) in [6.45, 7) is 7.22. The van der Waals surface area contributed by atoms with Crippen LogP contribution in [0.15, 0.2) is 0 Å². The first-order valence-electron chi connectivity index (χ1n) is 5.95. The van der Waals surface area contributed by atoms with Crippen LogP contribution in [0.4, 0.5) is 0 Å². The Morgan fingerprint density at radius 2 is 2.29 bits per heavy atom. The first-order chi connectivity index (χ1) is 8.13. The number of ether oxygens (including phenoxy) is 1. The average Bonchev–Trinajstić information content (AvgIpc) is 2.73. The molecule has 1 heterocycles. The maximum atomic E-state index is 11.3. The predicted octanol–water partition coefficient (Wildman–Crippen LogP) is 0.912. The van der Waals surface area contributed by atoms with Crippen LogP contribution in [0.25, 0.3) is 0 Å². The Bertz CT molecular complexity index is 349. The van der Waals surface area contributed by atoms with E-state index in [2.05, 4.69) is 34.3 Å². The highest BCUT2D eigenvalue weighted by Gasteiger charge is 2.12. The number of rotatable bonds is 7. The van der Waals surface area contributed by atoms with Crippen molar-refractivity contribution in [2.75, 3.05) is 13.2 Å². The molecule has 0 atom stereocenters. The molecule has 1 aromatic heterocycles. The standard InChI is InChI=1S/C11H20N4O2/c1-4-17-11(16)10-13-9(14-15-10)6-5-7-12-8(2)3/h8,12H,4-7H2,1-3H3,(H,13,14,15). The fraction of sp³-hybridized carbons (Fsp3) is 0.727. The largest absolute Gasteiger partial charge is 0.460 e. The molecule has 0 saturated carbocycles. The van der Waals surface area contributed by atoms with Gasteiger partial charge < -0.3 is 10.1 Å². The monoisotopic (exact) mass is 240 g/mol. The molecule has 0 amide bonds. The molecule has 17 heavy (non-hydrogen) atoms. The minimum atomic E-state index is -0.477. The quantitative estimate of drug-likeness (QED) is 0.547. The van der Waals surface area contributed by atoms with Gasteiger partial charge in [-0.25, -0.2) is 9.78 Å². The van der Waals surface area contributed by atoms with E-state index < -0.39 is 5.97 Å². The Kier molecular flexibility index (Phi) is 5.62. The third-order valence-corrected chi connectivity index (χ3v) is 2.13. The number of aromatic amines is 1. The molecule has 6 nitrogen and oxygen atoms in total. The molecule has 96 valence electrons. The predicted molar refractivity (Wildman–Crippen MR) is 63.8 cm³/mol. The average molecular weight is 240 g/mol. The molecule has 0 bridgehead atoms. The van der Waals surface area contributed by atoms with Crippen LogP contribution >= 0.6 is 0 Å². The number of nitrogens with zero attached hydrogens (tertiary/aromatic N) is 2. The maximum Gasteiger partial charge on any atom is 0.378 e. The van der Waals surface area contributed by atoms with Gasteiger partial charge in [-0.05, 0) is 19.9 Å². The SMILES string of the molecule is CCOC(=O)c1n[nH]c(CCCNC(C)C)n1. The highest BCUT2D eigenvalue weighted by Crippen LogP contribution is 1.98. The van der Waals surface area contributed by atoms with Crippen LogP contribution in [-0.2, 0) is 11.2 Å². The van der Waals surface area contributed by atoms with E-state index in [0.717, 1.165) is 25.2 Å². The number of esters is 1. The zero-order valence-electron chi connectivity index (χ0n) is 10.6. The van der Waals surface area contributed by atoms with E-state index in [0.29, 0.717) is 12.6 Å². The smallest absolute Gasteiger partial charge is 0.378 e. The summed E-state index contributed by atoms with van der Waals surface area (Å²) in [6.07, 6.45) is 1.72. The van der Waals surface area contributed by atoms with Gasteiger partial charge in [0, 0.05) is 12.5 Å². The molecule has 0 aliphatic heterocycles. The van der Waals surface area contributed by atoms with Crippen LogP contribution in [0.5, 0.6) is 0 Å². The van der Waals surface area contributed by atoms with E-state index in [9.17, 15) is 4.79 Å². The number of hydrogen-bond acceptors (Lipinski definition) is 5. The van der Waals surface area contributed by atoms with E-state index >= 15 is 0 Å². The molecule has 1 rings (SSSR count). The van der Waals surface area contributed by atoms with Crippen molar-refractivity contribution in [2.24, 2.45) is 0 Å². The fourth-order valence-corrected chi connectivity index (χ4v) is 1.34. The molecule has 2 N–H and O–H groups in total. The molecule has 0 radical (unpaired) electrons. The van der Waals surface area contributed by atoms with Gasteiger partial charge in [-0.2, -0.15) is 0 Å². The molecular weight excluding hydrogens is 220 g/mol. The van der Waals surface area contributed by atoms with Gasteiger partial charge in [0.25, 0.3) is 5.82 Å². The molecule has 0 aromatic carbocycles. The Morgan fingerprint density at radius 3 is 2.94 bits per heavy atom. The second-order valence-electron chi connectivity index (χ2n) is 4.04. The number of carbonyl (C=O) groups is 1. The van der Waals surface area contributed by atoms with E-state index in [1.54, 1.807) is 6.92 Å². The minimum Gasteiger partial charge on any atom is -0.460 e. The number of aromatic nitrogens is 3. The lowest BCUT2D eigenvalue weighted by Crippen LogP contribution is -2.24. The van der Waals surface area contributed by atoms with Gasteiger partial charge in [-0.15, -0.1) is 5.10 Å². The summed E-state index contributed by atoms with van der Waals surface area (Å²) in [7, 11) is 0. The van der Waals surface area contributed by atoms with Gasteiger partial charge in [-0.1, -0.05) is 13.8 Å². The summed E-state index contributed by atoms with van der Waals surface area (Å²) in [4.78, 5) is 15.4. The van der Waals surface area contributed by atoms with Crippen molar-refractivity contribution in [3.8, 4) is 0 Å². The van der Waals surface area contributed by atoms with E-state index in [1.807, 2.05) is 0 Å². The van der Waals surface area contributed by atoms with E-state index in [-0.39, 0.29) is 5.82 Å². The lowest BCUT2D eigenvalue weighted by atomic mass is 10.3. The summed E-state index contributed by atoms with van der Waals surface area (Å²) >= 11 is 0. The summed E-state index contributed by atoms with van der Waals surface area (Å²) in [5.74, 6) is 0.354. The number of H-pyrrole nitrogens is 1. The van der Waals surface area contributed by atoms with Crippen molar-refractivity contribution in [1.82, 2.24) is 20.5 Å². The summed E-state index contributed by atoms with van der Waals surface area (Å²) < 4.78 is 4.80. The number of nitrogens with one attached hydrogen (secondary N) is 2. The second kappa shape index (κ2) is 7.01. The normalized spacial score (nSPS) is 10.8.